The van der Waals surface area contributed by atoms with Crippen LogP contribution in [0.15, 0.2) is 182 Å². The van der Waals surface area contributed by atoms with Crippen LogP contribution in [0.25, 0.3) is 0 Å². The maximum atomic E-state index is 13.1. The minimum atomic E-state index is -5.01. The summed E-state index contributed by atoms with van der Waals surface area (Å²) in [6, 6.07) is 0. The van der Waals surface area contributed by atoms with Gasteiger partial charge in [-0.25, -0.2) is 9.13 Å². The molecule has 0 aromatic rings. The van der Waals surface area contributed by atoms with Gasteiger partial charge in [-0.3, -0.25) is 37.3 Å². The number of ether oxygens (including phenoxy) is 4. The molecule has 3 N–H and O–H groups in total. The summed E-state index contributed by atoms with van der Waals surface area (Å²) in [5.74, 6) is -2.33. The predicted octanol–water partition coefficient (Wildman–Crippen LogP) is 24.3. The fourth-order valence-electron chi connectivity index (χ4n) is 10.2. The Balaban J connectivity index is 5.48. The van der Waals surface area contributed by atoms with Crippen LogP contribution in [-0.2, 0) is 65.4 Å². The van der Waals surface area contributed by atoms with Crippen LogP contribution in [0, 0.1) is 0 Å². The normalized spacial score (nSPS) is 14.8. The highest BCUT2D eigenvalue weighted by Gasteiger charge is 2.30. The Hall–Kier alpha value is -5.84. The van der Waals surface area contributed by atoms with E-state index in [-0.39, 0.29) is 25.7 Å². The van der Waals surface area contributed by atoms with Crippen molar-refractivity contribution in [1.29, 1.82) is 0 Å². The maximum absolute atomic E-state index is 13.1. The first kappa shape index (κ1) is 102. The lowest BCUT2D eigenvalue weighted by Crippen LogP contribution is -2.30. The summed E-state index contributed by atoms with van der Waals surface area (Å²) in [4.78, 5) is 73.1. The number of carbonyl (C=O) groups is 4. The molecular formula is C89H144O17P2. The molecule has 17 nitrogen and oxygen atoms in total. The van der Waals surface area contributed by atoms with E-state index in [1.807, 2.05) is 18.2 Å². The Morgan fingerprint density at radius 3 is 0.796 bits per heavy atom. The Morgan fingerprint density at radius 2 is 0.500 bits per heavy atom. The highest BCUT2D eigenvalue weighted by atomic mass is 31.2. The van der Waals surface area contributed by atoms with Gasteiger partial charge in [0, 0.05) is 25.7 Å². The number of aliphatic hydroxyl groups is 1. The van der Waals surface area contributed by atoms with Crippen LogP contribution in [-0.4, -0.2) is 96.7 Å². The molecule has 612 valence electrons. The molecule has 19 heteroatoms. The molecule has 0 aromatic heterocycles. The molecule has 0 bridgehead atoms. The Bertz CT molecular complexity index is 2760. The zero-order valence-corrected chi connectivity index (χ0v) is 68.7. The van der Waals surface area contributed by atoms with E-state index in [2.05, 4.69) is 192 Å². The zero-order chi connectivity index (χ0) is 78.9. The molecule has 0 heterocycles. The lowest BCUT2D eigenvalue weighted by molar-refractivity contribution is -0.161. The zero-order valence-electron chi connectivity index (χ0n) is 66.9. The van der Waals surface area contributed by atoms with E-state index < -0.39 is 97.5 Å². The van der Waals surface area contributed by atoms with Crippen molar-refractivity contribution in [1.82, 2.24) is 0 Å². The molecule has 0 amide bonds. The van der Waals surface area contributed by atoms with E-state index >= 15 is 0 Å². The number of phosphoric ester groups is 2. The molecule has 5 unspecified atom stereocenters. The number of carbonyl (C=O) groups excluding carboxylic acids is 4. The second-order valence-electron chi connectivity index (χ2n) is 26.6. The Morgan fingerprint density at radius 1 is 0.269 bits per heavy atom. The number of allylic oxidation sites excluding steroid dienone is 30. The minimum absolute atomic E-state index is 0.0254. The van der Waals surface area contributed by atoms with Gasteiger partial charge in [0.15, 0.2) is 12.2 Å². The molecule has 0 aliphatic rings. The third-order valence-electron chi connectivity index (χ3n) is 16.4. The van der Waals surface area contributed by atoms with Crippen molar-refractivity contribution in [2.45, 2.75) is 316 Å². The Labute approximate surface area is 654 Å². The van der Waals surface area contributed by atoms with E-state index in [1.54, 1.807) is 0 Å². The average molecular weight is 1550 g/mol. The van der Waals surface area contributed by atoms with Gasteiger partial charge in [0.25, 0.3) is 0 Å². The molecule has 0 aliphatic carbocycles. The summed E-state index contributed by atoms with van der Waals surface area (Å²) >= 11 is 0. The number of hydrogen-bond donors (Lipinski definition) is 3. The van der Waals surface area contributed by atoms with Crippen molar-refractivity contribution < 1.29 is 80.2 Å². The van der Waals surface area contributed by atoms with Crippen LogP contribution < -0.4 is 0 Å². The topological polar surface area (TPSA) is 237 Å². The number of phosphoric acid groups is 2. The van der Waals surface area contributed by atoms with Gasteiger partial charge >= 0.3 is 39.5 Å². The highest BCUT2D eigenvalue weighted by molar-refractivity contribution is 7.47. The molecule has 0 saturated carbocycles. The molecule has 0 aromatic carbocycles. The molecule has 0 rings (SSSR count). The lowest BCUT2D eigenvalue weighted by atomic mass is 10.1. The smallest absolute Gasteiger partial charge is 0.462 e. The second kappa shape index (κ2) is 79.3. The summed E-state index contributed by atoms with van der Waals surface area (Å²) < 4.78 is 68.6. The Kier molecular flexibility index (Phi) is 75.0. The standard InChI is InChI=1S/C89H144O17P2/c1-5-9-13-17-21-25-29-33-37-39-41-43-47-49-53-57-61-65-69-73-86(91)99-79-84(105-88(93)75-71-67-63-59-55-51-45-35-31-27-23-19-15-11-7-3)81-103-107(95,96)101-77-83(90)78-102-108(97,98)104-82-85(106-89(94)76-72-68-64-60-56-52-46-36-32-28-24-20-16-12-8-4)80-100-87(92)74-70-66-62-58-54-50-48-44-42-40-38-34-30-26-22-18-14-10-6-2/h9-11,13-15,21-28,33-38,41-46,49,53,61,65,83-85,90H,5-8,12,16-20,29-32,39-40,47-48,50-52,54-60,62-64,66-82H2,1-4H3,(H,95,96)(H,97,98)/b13-9-,14-10-,15-11-,25-21-,26-22-,27-23-,28-24-,37-33-,38-34-,43-41-,44-42-,45-35-,46-36-,53-49-,65-61-. The summed E-state index contributed by atoms with van der Waals surface area (Å²) in [6.07, 6.45) is 95.9. The third-order valence-corrected chi connectivity index (χ3v) is 18.3. The van der Waals surface area contributed by atoms with Crippen molar-refractivity contribution in [3.63, 3.8) is 0 Å². The van der Waals surface area contributed by atoms with Gasteiger partial charge in [-0.1, -0.05) is 287 Å². The third kappa shape index (κ3) is 78.3. The first-order chi connectivity index (χ1) is 52.7. The molecule has 0 fully saturated rings. The minimum Gasteiger partial charge on any atom is -0.462 e. The first-order valence-corrected chi connectivity index (χ1v) is 44.0. The quantitative estimate of drug-likeness (QED) is 0.0169. The van der Waals surface area contributed by atoms with Gasteiger partial charge in [0.05, 0.1) is 26.4 Å². The first-order valence-electron chi connectivity index (χ1n) is 41.0. The SMILES string of the molecule is CC/C=C\C/C=C\C/C=C\C/C=C\C/C=C\C/C=C\CCC(=O)OCC(COP(=O)(O)OCC(O)COP(=O)(O)OCC(COC(=O)CCCCCCCC/C=C\C/C=C\C/C=C\C/C=C\CC)OC(=O)CCCCCCC/C=C\C/C=C\CCCCC)OC(=O)CCCCCCC/C=C\C/C=C\C/C=C\CC. The fraction of sp³-hybridized carbons (Fsp3) is 0.618. The number of aliphatic hydroxyl groups excluding tert-OH is 1. The van der Waals surface area contributed by atoms with E-state index in [0.717, 1.165) is 193 Å². The molecule has 0 spiro atoms. The van der Waals surface area contributed by atoms with Crippen LogP contribution in [0.2, 0.25) is 0 Å². The van der Waals surface area contributed by atoms with Gasteiger partial charge in [0.1, 0.15) is 19.3 Å². The van der Waals surface area contributed by atoms with Gasteiger partial charge in [-0.05, 0) is 167 Å². The molecular weight excluding hydrogens is 1400 g/mol. The van der Waals surface area contributed by atoms with Crippen molar-refractivity contribution in [2.75, 3.05) is 39.6 Å². The summed E-state index contributed by atoms with van der Waals surface area (Å²) in [5, 5.41) is 10.7. The summed E-state index contributed by atoms with van der Waals surface area (Å²) in [6.45, 7) is 4.36. The number of esters is 4. The van der Waals surface area contributed by atoms with Crippen LogP contribution in [0.5, 0.6) is 0 Å². The van der Waals surface area contributed by atoms with Gasteiger partial charge in [-0.2, -0.15) is 0 Å². The monoisotopic (exact) mass is 1550 g/mol. The van der Waals surface area contributed by atoms with Gasteiger partial charge < -0.3 is 33.8 Å². The van der Waals surface area contributed by atoms with E-state index in [9.17, 15) is 43.2 Å². The van der Waals surface area contributed by atoms with Crippen molar-refractivity contribution >= 4 is 39.5 Å². The van der Waals surface area contributed by atoms with Crippen molar-refractivity contribution in [3.8, 4) is 0 Å². The molecule has 0 radical (unpaired) electrons. The van der Waals surface area contributed by atoms with Crippen LogP contribution in [0.1, 0.15) is 297 Å². The number of unbranched alkanes of at least 4 members (excludes halogenated alkanes) is 19. The van der Waals surface area contributed by atoms with Gasteiger partial charge in [-0.15, -0.1) is 0 Å². The average Bonchev–Trinajstić information content (AvgIpc) is 0.923. The number of hydrogen-bond acceptors (Lipinski definition) is 15. The van der Waals surface area contributed by atoms with E-state index in [0.29, 0.717) is 32.1 Å². The molecule has 0 aliphatic heterocycles. The maximum Gasteiger partial charge on any atom is 0.472 e. The van der Waals surface area contributed by atoms with Gasteiger partial charge in [0.2, 0.25) is 0 Å². The molecule has 5 atom stereocenters. The second-order valence-corrected chi connectivity index (χ2v) is 29.5. The number of rotatable bonds is 75. The lowest BCUT2D eigenvalue weighted by Gasteiger charge is -2.21. The van der Waals surface area contributed by atoms with Crippen LogP contribution >= 0.6 is 15.6 Å². The van der Waals surface area contributed by atoms with Crippen molar-refractivity contribution in [3.05, 3.63) is 182 Å². The van der Waals surface area contributed by atoms with E-state index in [1.165, 1.54) is 19.3 Å². The van der Waals surface area contributed by atoms with E-state index in [4.69, 9.17) is 37.0 Å². The van der Waals surface area contributed by atoms with Crippen molar-refractivity contribution in [2.24, 2.45) is 0 Å². The van der Waals surface area contributed by atoms with Crippen LogP contribution in [0.4, 0.5) is 0 Å². The highest BCUT2D eigenvalue weighted by Crippen LogP contribution is 2.45. The summed E-state index contributed by atoms with van der Waals surface area (Å²) in [5.41, 5.74) is 0. The fourth-order valence-corrected chi connectivity index (χ4v) is 11.8. The molecule has 0 saturated heterocycles. The molecule has 108 heavy (non-hydrogen) atoms. The predicted molar refractivity (Wildman–Crippen MR) is 445 cm³/mol. The summed E-state index contributed by atoms with van der Waals surface area (Å²) in [7, 11) is -10.0. The van der Waals surface area contributed by atoms with Crippen LogP contribution in [0.3, 0.4) is 0 Å². The largest absolute Gasteiger partial charge is 0.472 e.